The number of methoxy groups -OCH3 is 1. The van der Waals surface area contributed by atoms with Crippen LogP contribution in [0.25, 0.3) is 0 Å². The summed E-state index contributed by atoms with van der Waals surface area (Å²) >= 11 is 0. The molecule has 0 bridgehead atoms. The highest BCUT2D eigenvalue weighted by atomic mass is 16.5. The van der Waals surface area contributed by atoms with Crippen molar-refractivity contribution < 1.29 is 4.74 Å². The third-order valence-electron chi connectivity index (χ3n) is 3.41. The minimum absolute atomic E-state index is 0.471. The minimum atomic E-state index is 0.471. The first kappa shape index (κ1) is 10.4. The molecule has 0 aromatic heterocycles. The number of hydrogen-bond donors (Lipinski definition) is 1. The highest BCUT2D eigenvalue weighted by Crippen LogP contribution is 2.19. The highest BCUT2D eigenvalue weighted by Gasteiger charge is 2.27. The number of nitrogens with one attached hydrogen (secondary N) is 1. The molecule has 2 aliphatic rings. The maximum Gasteiger partial charge on any atom is 0.0710 e. The van der Waals surface area contributed by atoms with Crippen LogP contribution in [0.4, 0.5) is 0 Å². The Labute approximate surface area is 86.8 Å². The van der Waals surface area contributed by atoms with Crippen LogP contribution in [0.1, 0.15) is 26.2 Å². The van der Waals surface area contributed by atoms with Crippen molar-refractivity contribution in [3.63, 3.8) is 0 Å². The number of hydrogen-bond acceptors (Lipinski definition) is 3. The van der Waals surface area contributed by atoms with E-state index < -0.39 is 0 Å². The van der Waals surface area contributed by atoms with Gasteiger partial charge in [-0.1, -0.05) is 0 Å². The van der Waals surface area contributed by atoms with E-state index in [9.17, 15) is 0 Å². The number of rotatable bonds is 5. The highest BCUT2D eigenvalue weighted by molar-refractivity contribution is 4.85. The first-order valence-corrected chi connectivity index (χ1v) is 5.80. The van der Waals surface area contributed by atoms with Gasteiger partial charge in [0.1, 0.15) is 0 Å². The minimum Gasteiger partial charge on any atom is -0.380 e. The van der Waals surface area contributed by atoms with Crippen LogP contribution >= 0.6 is 0 Å². The molecule has 14 heavy (non-hydrogen) atoms. The molecule has 3 heteroatoms. The zero-order chi connectivity index (χ0) is 9.97. The summed E-state index contributed by atoms with van der Waals surface area (Å²) in [5, 5.41) is 3.58. The predicted octanol–water partition coefficient (Wildman–Crippen LogP) is 0.848. The van der Waals surface area contributed by atoms with Crippen LogP contribution < -0.4 is 5.32 Å². The molecule has 2 unspecified atom stereocenters. The molecule has 1 aliphatic carbocycles. The van der Waals surface area contributed by atoms with Crippen LogP contribution in [0.5, 0.6) is 0 Å². The summed E-state index contributed by atoms with van der Waals surface area (Å²) in [7, 11) is 1.82. The normalized spacial score (nSPS) is 30.9. The van der Waals surface area contributed by atoms with Crippen LogP contribution in [-0.4, -0.2) is 49.8 Å². The van der Waals surface area contributed by atoms with Gasteiger partial charge in [-0.3, -0.25) is 4.90 Å². The Bertz CT molecular complexity index is 182. The molecule has 1 saturated heterocycles. The molecule has 3 nitrogen and oxygen atoms in total. The van der Waals surface area contributed by atoms with Crippen molar-refractivity contribution >= 4 is 0 Å². The zero-order valence-corrected chi connectivity index (χ0v) is 9.33. The maximum atomic E-state index is 5.37. The second-order valence-electron chi connectivity index (χ2n) is 4.67. The lowest BCUT2D eigenvalue weighted by Crippen LogP contribution is -2.40. The van der Waals surface area contributed by atoms with Gasteiger partial charge in [0.25, 0.3) is 0 Å². The lowest BCUT2D eigenvalue weighted by molar-refractivity contribution is 0.102. The largest absolute Gasteiger partial charge is 0.380 e. The third kappa shape index (κ3) is 2.69. The fourth-order valence-corrected chi connectivity index (χ4v) is 2.10. The molecule has 1 heterocycles. The fourth-order valence-electron chi connectivity index (χ4n) is 2.10. The van der Waals surface area contributed by atoms with Crippen molar-refractivity contribution in [3.8, 4) is 0 Å². The van der Waals surface area contributed by atoms with E-state index in [1.165, 1.54) is 25.8 Å². The Hall–Kier alpha value is -0.120. The van der Waals surface area contributed by atoms with Crippen molar-refractivity contribution in [1.82, 2.24) is 10.2 Å². The van der Waals surface area contributed by atoms with Crippen molar-refractivity contribution in [1.29, 1.82) is 0 Å². The molecular formula is C11H22N2O. The third-order valence-corrected chi connectivity index (χ3v) is 3.41. The van der Waals surface area contributed by atoms with Gasteiger partial charge in [0.05, 0.1) is 6.10 Å². The molecule has 0 amide bonds. The van der Waals surface area contributed by atoms with Crippen LogP contribution in [0, 0.1) is 0 Å². The molecule has 2 fully saturated rings. The van der Waals surface area contributed by atoms with Gasteiger partial charge >= 0.3 is 0 Å². The lowest BCUT2D eigenvalue weighted by atomic mass is 10.3. The summed E-state index contributed by atoms with van der Waals surface area (Å²) in [5.41, 5.74) is 0. The summed E-state index contributed by atoms with van der Waals surface area (Å²) in [4.78, 5) is 2.53. The molecule has 2 rings (SSSR count). The van der Waals surface area contributed by atoms with Crippen LogP contribution in [-0.2, 0) is 4.74 Å². The van der Waals surface area contributed by atoms with Gasteiger partial charge in [0.15, 0.2) is 0 Å². The quantitative estimate of drug-likeness (QED) is 0.709. The summed E-state index contributed by atoms with van der Waals surface area (Å²) in [6.45, 7) is 5.77. The average molecular weight is 198 g/mol. The van der Waals surface area contributed by atoms with Gasteiger partial charge < -0.3 is 10.1 Å². The predicted molar refractivity (Wildman–Crippen MR) is 57.5 cm³/mol. The Morgan fingerprint density at radius 2 is 2.21 bits per heavy atom. The Morgan fingerprint density at radius 3 is 2.79 bits per heavy atom. The van der Waals surface area contributed by atoms with Gasteiger partial charge in [0.2, 0.25) is 0 Å². The maximum absolute atomic E-state index is 5.37. The average Bonchev–Trinajstić information content (AvgIpc) is 2.90. The van der Waals surface area contributed by atoms with Gasteiger partial charge in [-0.05, 0) is 26.2 Å². The fraction of sp³-hybridized carbons (Fsp3) is 1.00. The van der Waals surface area contributed by atoms with Crippen molar-refractivity contribution in [2.75, 3.05) is 26.7 Å². The molecule has 0 radical (unpaired) electrons. The van der Waals surface area contributed by atoms with Crippen LogP contribution in [0.2, 0.25) is 0 Å². The summed E-state index contributed by atoms with van der Waals surface area (Å²) < 4.78 is 5.37. The van der Waals surface area contributed by atoms with Gasteiger partial charge in [-0.15, -0.1) is 0 Å². The molecule has 0 aromatic carbocycles. The molecule has 0 spiro atoms. The van der Waals surface area contributed by atoms with E-state index in [4.69, 9.17) is 4.74 Å². The summed E-state index contributed by atoms with van der Waals surface area (Å²) in [6.07, 6.45) is 4.43. The molecule has 1 saturated carbocycles. The first-order valence-electron chi connectivity index (χ1n) is 5.80. The zero-order valence-electron chi connectivity index (χ0n) is 9.33. The molecule has 2 atom stereocenters. The second-order valence-corrected chi connectivity index (χ2v) is 4.67. The standard InChI is InChI=1S/C11H22N2O/c1-9(7-12-10-3-4-10)13-6-5-11(8-13)14-2/h9-12H,3-8H2,1-2H3. The molecule has 0 aromatic rings. The monoisotopic (exact) mass is 198 g/mol. The smallest absolute Gasteiger partial charge is 0.0710 e. The second kappa shape index (κ2) is 4.60. The van der Waals surface area contributed by atoms with Crippen LogP contribution in [0.3, 0.4) is 0 Å². The number of likely N-dealkylation sites (tertiary alicyclic amines) is 1. The number of ether oxygens (including phenoxy) is 1. The Balaban J connectivity index is 1.66. The van der Waals surface area contributed by atoms with E-state index in [0.717, 1.165) is 19.1 Å². The van der Waals surface area contributed by atoms with Gasteiger partial charge in [-0.25, -0.2) is 0 Å². The summed E-state index contributed by atoms with van der Waals surface area (Å²) in [6, 6.07) is 1.49. The van der Waals surface area contributed by atoms with E-state index >= 15 is 0 Å². The molecule has 1 aliphatic heterocycles. The van der Waals surface area contributed by atoms with E-state index in [0.29, 0.717) is 12.1 Å². The SMILES string of the molecule is COC1CCN(C(C)CNC2CC2)C1. The van der Waals surface area contributed by atoms with Crippen molar-refractivity contribution in [2.24, 2.45) is 0 Å². The van der Waals surface area contributed by atoms with E-state index in [-0.39, 0.29) is 0 Å². The summed E-state index contributed by atoms with van der Waals surface area (Å²) in [5.74, 6) is 0. The van der Waals surface area contributed by atoms with Gasteiger partial charge in [-0.2, -0.15) is 0 Å². The first-order chi connectivity index (χ1) is 6.79. The lowest BCUT2D eigenvalue weighted by Gasteiger charge is -2.24. The molecule has 82 valence electrons. The Kier molecular flexibility index (Phi) is 3.42. The van der Waals surface area contributed by atoms with E-state index in [2.05, 4.69) is 17.1 Å². The Morgan fingerprint density at radius 1 is 1.43 bits per heavy atom. The van der Waals surface area contributed by atoms with Crippen molar-refractivity contribution in [3.05, 3.63) is 0 Å². The molecular weight excluding hydrogens is 176 g/mol. The topological polar surface area (TPSA) is 24.5 Å². The van der Waals surface area contributed by atoms with E-state index in [1.807, 2.05) is 7.11 Å². The number of nitrogens with zero attached hydrogens (tertiary/aromatic N) is 1. The molecule has 1 N–H and O–H groups in total. The van der Waals surface area contributed by atoms with Gasteiger partial charge in [0, 0.05) is 38.8 Å². The van der Waals surface area contributed by atoms with Crippen LogP contribution in [0.15, 0.2) is 0 Å². The van der Waals surface area contributed by atoms with Crippen molar-refractivity contribution in [2.45, 2.75) is 44.4 Å². The van der Waals surface area contributed by atoms with E-state index in [1.54, 1.807) is 0 Å².